The monoisotopic (exact) mass is 303 g/mol. The van der Waals surface area contributed by atoms with Gasteiger partial charge in [-0.05, 0) is 43.6 Å². The zero-order chi connectivity index (χ0) is 14.2. The molecule has 108 valence electrons. The maximum Gasteiger partial charge on any atom is 0.244 e. The number of thiophene rings is 1. The van der Waals surface area contributed by atoms with Crippen LogP contribution in [0.3, 0.4) is 0 Å². The van der Waals surface area contributed by atoms with Crippen LogP contribution in [0.25, 0.3) is 0 Å². The van der Waals surface area contributed by atoms with Gasteiger partial charge in [0.1, 0.15) is 4.90 Å². The third-order valence-corrected chi connectivity index (χ3v) is 7.24. The van der Waals surface area contributed by atoms with E-state index in [2.05, 4.69) is 6.92 Å². The Balaban J connectivity index is 2.39. The fourth-order valence-electron chi connectivity index (χ4n) is 2.80. The van der Waals surface area contributed by atoms with E-state index in [1.807, 2.05) is 6.92 Å². The van der Waals surface area contributed by atoms with Crippen molar-refractivity contribution in [3.63, 3.8) is 0 Å². The van der Waals surface area contributed by atoms with Crippen molar-refractivity contribution in [2.45, 2.75) is 51.2 Å². The van der Waals surface area contributed by atoms with Gasteiger partial charge in [-0.15, -0.1) is 11.3 Å². The fraction of sp³-hybridized carbons (Fsp3) is 0.692. The lowest BCUT2D eigenvalue weighted by atomic mass is 9.95. The number of rotatable bonds is 3. The summed E-state index contributed by atoms with van der Waals surface area (Å²) in [5.41, 5.74) is 0.736. The van der Waals surface area contributed by atoms with Crippen molar-refractivity contribution in [3.05, 3.63) is 15.8 Å². The van der Waals surface area contributed by atoms with Crippen molar-refractivity contribution in [3.8, 4) is 0 Å². The molecular weight excluding hydrogens is 282 g/mol. The van der Waals surface area contributed by atoms with Crippen molar-refractivity contribution in [1.82, 2.24) is 4.31 Å². The number of sulfonamides is 1. The third-order valence-electron chi connectivity index (χ3n) is 3.78. The average Bonchev–Trinajstić information content (AvgIpc) is 2.70. The van der Waals surface area contributed by atoms with E-state index in [0.29, 0.717) is 22.2 Å². The van der Waals surface area contributed by atoms with Crippen LogP contribution in [-0.4, -0.2) is 30.4 Å². The number of piperidine rings is 1. The van der Waals surface area contributed by atoms with Crippen LogP contribution in [0.5, 0.6) is 0 Å². The smallest absolute Gasteiger partial charge is 0.244 e. The first-order valence-corrected chi connectivity index (χ1v) is 8.89. The van der Waals surface area contributed by atoms with Crippen LogP contribution in [0.1, 0.15) is 37.1 Å². The second kappa shape index (κ2) is 5.52. The van der Waals surface area contributed by atoms with Gasteiger partial charge in [0.2, 0.25) is 10.0 Å². The van der Waals surface area contributed by atoms with Crippen LogP contribution in [-0.2, 0) is 16.6 Å². The van der Waals surface area contributed by atoms with E-state index in [-0.39, 0.29) is 12.6 Å². The molecule has 1 fully saturated rings. The summed E-state index contributed by atoms with van der Waals surface area (Å²) in [5.74, 6) is 0.572. The van der Waals surface area contributed by atoms with Gasteiger partial charge >= 0.3 is 0 Å². The Kier molecular flexibility index (Phi) is 4.35. The van der Waals surface area contributed by atoms with E-state index in [1.54, 1.807) is 16.6 Å². The first-order chi connectivity index (χ1) is 8.87. The lowest BCUT2D eigenvalue weighted by Gasteiger charge is -2.35. The highest BCUT2D eigenvalue weighted by Crippen LogP contribution is 2.33. The topological polar surface area (TPSA) is 57.6 Å². The summed E-state index contributed by atoms with van der Waals surface area (Å²) in [5, 5.41) is 11.1. The minimum Gasteiger partial charge on any atom is -0.391 e. The highest BCUT2D eigenvalue weighted by molar-refractivity contribution is 7.89. The molecule has 0 aliphatic carbocycles. The van der Waals surface area contributed by atoms with Crippen LogP contribution in [0.15, 0.2) is 10.3 Å². The predicted octanol–water partition coefficient (Wildman–Crippen LogP) is 2.36. The lowest BCUT2D eigenvalue weighted by Crippen LogP contribution is -2.44. The standard InChI is InChI=1S/C13H21NO3S2/c1-9-4-5-14(11(3)6-9)19(16,17)13-10(2)8-18-12(13)7-15/h8-9,11,15H,4-7H2,1-3H3. The zero-order valence-electron chi connectivity index (χ0n) is 11.6. The normalized spacial score (nSPS) is 25.7. The van der Waals surface area contributed by atoms with E-state index in [4.69, 9.17) is 0 Å². The molecule has 6 heteroatoms. The molecule has 4 nitrogen and oxygen atoms in total. The van der Waals surface area contributed by atoms with Gasteiger partial charge in [0.05, 0.1) is 11.5 Å². The molecule has 19 heavy (non-hydrogen) atoms. The average molecular weight is 303 g/mol. The second-order valence-electron chi connectivity index (χ2n) is 5.42. The van der Waals surface area contributed by atoms with Gasteiger partial charge in [0.15, 0.2) is 0 Å². The van der Waals surface area contributed by atoms with Gasteiger partial charge in [0.25, 0.3) is 0 Å². The van der Waals surface area contributed by atoms with Crippen molar-refractivity contribution >= 4 is 21.4 Å². The minimum atomic E-state index is -3.48. The Hall–Kier alpha value is -0.430. The molecule has 2 heterocycles. The van der Waals surface area contributed by atoms with Crippen molar-refractivity contribution < 1.29 is 13.5 Å². The van der Waals surface area contributed by atoms with Gasteiger partial charge in [-0.1, -0.05) is 6.92 Å². The Bertz CT molecular complexity index is 550. The molecule has 2 unspecified atom stereocenters. The highest BCUT2D eigenvalue weighted by atomic mass is 32.2. The molecule has 1 aliphatic heterocycles. The Morgan fingerprint density at radius 3 is 2.74 bits per heavy atom. The van der Waals surface area contributed by atoms with E-state index in [9.17, 15) is 13.5 Å². The number of aliphatic hydroxyl groups excluding tert-OH is 1. The third kappa shape index (κ3) is 2.72. The van der Waals surface area contributed by atoms with Crippen molar-refractivity contribution in [1.29, 1.82) is 0 Å². The maximum atomic E-state index is 12.8. The summed E-state index contributed by atoms with van der Waals surface area (Å²) < 4.78 is 27.2. The maximum absolute atomic E-state index is 12.8. The van der Waals surface area contributed by atoms with Gasteiger partial charge in [0, 0.05) is 12.6 Å². The molecule has 0 amide bonds. The molecular formula is C13H21NO3S2. The molecule has 1 aromatic rings. The molecule has 0 saturated carbocycles. The largest absolute Gasteiger partial charge is 0.391 e. The molecule has 1 aromatic heterocycles. The number of nitrogens with zero attached hydrogens (tertiary/aromatic N) is 1. The zero-order valence-corrected chi connectivity index (χ0v) is 13.2. The van der Waals surface area contributed by atoms with E-state index < -0.39 is 10.0 Å². The van der Waals surface area contributed by atoms with E-state index >= 15 is 0 Å². The van der Waals surface area contributed by atoms with Crippen molar-refractivity contribution in [2.75, 3.05) is 6.54 Å². The summed E-state index contributed by atoms with van der Waals surface area (Å²) in [6.07, 6.45) is 1.80. The van der Waals surface area contributed by atoms with Crippen LogP contribution in [0.2, 0.25) is 0 Å². The molecule has 1 aliphatic rings. The van der Waals surface area contributed by atoms with E-state index in [0.717, 1.165) is 18.4 Å². The van der Waals surface area contributed by atoms with E-state index in [1.165, 1.54) is 11.3 Å². The van der Waals surface area contributed by atoms with Crippen LogP contribution in [0, 0.1) is 12.8 Å². The van der Waals surface area contributed by atoms with Gasteiger partial charge in [-0.2, -0.15) is 4.31 Å². The summed E-state index contributed by atoms with van der Waals surface area (Å²) in [7, 11) is -3.48. The summed E-state index contributed by atoms with van der Waals surface area (Å²) in [4.78, 5) is 0.865. The number of hydrogen-bond acceptors (Lipinski definition) is 4. The molecule has 1 saturated heterocycles. The first kappa shape index (κ1) is 15.0. The molecule has 2 rings (SSSR count). The van der Waals surface area contributed by atoms with Gasteiger partial charge in [-0.25, -0.2) is 8.42 Å². The molecule has 2 atom stereocenters. The molecule has 0 bridgehead atoms. The van der Waals surface area contributed by atoms with Crippen LogP contribution in [0.4, 0.5) is 0 Å². The van der Waals surface area contributed by atoms with Gasteiger partial charge < -0.3 is 5.11 Å². The van der Waals surface area contributed by atoms with Crippen LogP contribution >= 0.6 is 11.3 Å². The Morgan fingerprint density at radius 1 is 1.47 bits per heavy atom. The second-order valence-corrected chi connectivity index (χ2v) is 8.22. The van der Waals surface area contributed by atoms with Crippen molar-refractivity contribution in [2.24, 2.45) is 5.92 Å². The summed E-state index contributed by atoms with van der Waals surface area (Å²) in [6.45, 7) is 6.28. The molecule has 0 spiro atoms. The fourth-order valence-corrected chi connectivity index (χ4v) is 6.08. The van der Waals surface area contributed by atoms with Gasteiger partial charge in [-0.3, -0.25) is 0 Å². The molecule has 1 N–H and O–H groups in total. The predicted molar refractivity (Wildman–Crippen MR) is 76.7 cm³/mol. The Labute approximate surface area is 119 Å². The number of aryl methyl sites for hydroxylation is 1. The SMILES string of the molecule is Cc1csc(CO)c1S(=O)(=O)N1CCC(C)CC1C. The highest BCUT2D eigenvalue weighted by Gasteiger charge is 2.35. The first-order valence-electron chi connectivity index (χ1n) is 6.57. The summed E-state index contributed by atoms with van der Waals surface area (Å²) >= 11 is 1.31. The molecule has 0 radical (unpaired) electrons. The lowest BCUT2D eigenvalue weighted by molar-refractivity contribution is 0.219. The quantitative estimate of drug-likeness (QED) is 0.932. The summed E-state index contributed by atoms with van der Waals surface area (Å²) in [6, 6.07) is 0.0274. The number of aliphatic hydroxyl groups is 1. The Morgan fingerprint density at radius 2 is 2.16 bits per heavy atom. The number of hydrogen-bond donors (Lipinski definition) is 1. The molecule has 0 aromatic carbocycles. The minimum absolute atomic E-state index is 0.0274. The van der Waals surface area contributed by atoms with Crippen LogP contribution < -0.4 is 0 Å².